The van der Waals surface area contributed by atoms with Crippen molar-refractivity contribution in [3.8, 4) is 0 Å². The Morgan fingerprint density at radius 2 is 1.36 bits per heavy atom. The molecule has 3 saturated heterocycles. The van der Waals surface area contributed by atoms with E-state index in [1.54, 1.807) is 0 Å². The molecule has 0 amide bonds. The highest BCUT2D eigenvalue weighted by Gasteiger charge is 2.41. The highest BCUT2D eigenvalue weighted by atomic mass is 16.4. The summed E-state index contributed by atoms with van der Waals surface area (Å²) in [5.74, 6) is 1.62. The van der Waals surface area contributed by atoms with Gasteiger partial charge in [-0.15, -0.1) is 0 Å². The second-order valence-corrected chi connectivity index (χ2v) is 12.0. The van der Waals surface area contributed by atoms with Gasteiger partial charge in [-0.2, -0.15) is 0 Å². The van der Waals surface area contributed by atoms with Crippen molar-refractivity contribution in [3.63, 3.8) is 0 Å². The molecular weight excluding hydrogens is 410 g/mol. The Bertz CT molecular complexity index is 502. The average Bonchev–Trinajstić information content (AvgIpc) is 3.34. The highest BCUT2D eigenvalue weighted by Crippen LogP contribution is 2.39. The molecule has 0 radical (unpaired) electrons. The highest BCUT2D eigenvalue weighted by molar-refractivity contribution is 5.73. The summed E-state index contributed by atoms with van der Waals surface area (Å²) in [6.07, 6.45) is 4.54. The lowest BCUT2D eigenvalue weighted by Gasteiger charge is -2.56. The summed E-state index contributed by atoms with van der Waals surface area (Å²) in [6, 6.07) is 1.20. The van der Waals surface area contributed by atoms with E-state index in [-0.39, 0.29) is 11.6 Å². The molecule has 5 heteroatoms. The number of rotatable bonds is 1. The maximum absolute atomic E-state index is 10.1. The molecule has 4 unspecified atom stereocenters. The van der Waals surface area contributed by atoms with Gasteiger partial charge in [0.2, 0.25) is 0 Å². The van der Waals surface area contributed by atoms with E-state index in [0.717, 1.165) is 37.3 Å². The molecule has 0 aromatic rings. The van der Waals surface area contributed by atoms with Gasteiger partial charge in [0.25, 0.3) is 0 Å². The molecule has 5 nitrogen and oxygen atoms in total. The van der Waals surface area contributed by atoms with E-state index in [1.165, 1.54) is 25.1 Å². The zero-order chi connectivity index (χ0) is 26.4. The van der Waals surface area contributed by atoms with E-state index in [2.05, 4.69) is 105 Å². The molecule has 4 atom stereocenters. The van der Waals surface area contributed by atoms with E-state index < -0.39 is 5.97 Å². The molecule has 0 bridgehead atoms. The zero-order valence-corrected chi connectivity index (χ0v) is 24.2. The van der Waals surface area contributed by atoms with Crippen LogP contribution in [0.25, 0.3) is 0 Å². The Labute approximate surface area is 207 Å². The van der Waals surface area contributed by atoms with Crippen LogP contribution in [0.5, 0.6) is 0 Å². The van der Waals surface area contributed by atoms with Gasteiger partial charge in [0.1, 0.15) is 6.04 Å². The Morgan fingerprint density at radius 3 is 1.52 bits per heavy atom. The van der Waals surface area contributed by atoms with E-state index in [1.807, 2.05) is 0 Å². The van der Waals surface area contributed by atoms with Gasteiger partial charge >= 0.3 is 5.97 Å². The van der Waals surface area contributed by atoms with Gasteiger partial charge in [-0.05, 0) is 85.2 Å². The molecule has 0 saturated carbocycles. The normalized spacial score (nSPS) is 26.0. The lowest BCUT2D eigenvalue weighted by atomic mass is 9.83. The fourth-order valence-electron chi connectivity index (χ4n) is 3.70. The SMILES string of the molecule is C=C1C(C)C(C)N1C(C)(C)C.CC(C)C.CC(C)C.CC1CCCN1.O=C(O)C1CCCN1. The molecule has 0 spiro atoms. The molecule has 3 N–H and O–H groups in total. The van der Waals surface area contributed by atoms with Crippen molar-refractivity contribution in [2.75, 3.05) is 13.1 Å². The third-order valence-electron chi connectivity index (χ3n) is 5.35. The third kappa shape index (κ3) is 17.1. The minimum absolute atomic E-state index is 0.253. The number of nitrogens with one attached hydrogen (secondary N) is 2. The van der Waals surface area contributed by atoms with E-state index in [4.69, 9.17) is 5.11 Å². The van der Waals surface area contributed by atoms with E-state index in [0.29, 0.717) is 12.0 Å². The quantitative estimate of drug-likeness (QED) is 0.407. The van der Waals surface area contributed by atoms with Gasteiger partial charge in [-0.1, -0.05) is 55.0 Å². The number of hydrogen-bond donors (Lipinski definition) is 3. The minimum atomic E-state index is -0.720. The molecule has 3 rings (SSSR count). The minimum Gasteiger partial charge on any atom is -0.480 e. The van der Waals surface area contributed by atoms with Crippen molar-refractivity contribution < 1.29 is 9.90 Å². The first kappa shape index (κ1) is 34.1. The maximum atomic E-state index is 10.1. The zero-order valence-electron chi connectivity index (χ0n) is 24.2. The second kappa shape index (κ2) is 17.4. The largest absolute Gasteiger partial charge is 0.480 e. The first-order chi connectivity index (χ1) is 15.0. The number of hydrogen-bond acceptors (Lipinski definition) is 4. The number of carboxylic acid groups (broad SMARTS) is 1. The smallest absolute Gasteiger partial charge is 0.320 e. The molecule has 33 heavy (non-hydrogen) atoms. The van der Waals surface area contributed by atoms with Crippen LogP contribution in [-0.4, -0.2) is 52.7 Å². The van der Waals surface area contributed by atoms with Crippen LogP contribution in [0.4, 0.5) is 0 Å². The summed E-state index contributed by atoms with van der Waals surface area (Å²) in [7, 11) is 0. The molecule has 3 fully saturated rings. The van der Waals surface area contributed by atoms with Crippen LogP contribution in [-0.2, 0) is 4.79 Å². The van der Waals surface area contributed by atoms with Crippen molar-refractivity contribution in [1.29, 1.82) is 0 Å². The topological polar surface area (TPSA) is 64.6 Å². The average molecular weight is 470 g/mol. The summed E-state index contributed by atoms with van der Waals surface area (Å²) < 4.78 is 0. The summed E-state index contributed by atoms with van der Waals surface area (Å²) in [5, 5.41) is 14.5. The molecular formula is C28H59N3O2. The van der Waals surface area contributed by atoms with Crippen molar-refractivity contribution in [3.05, 3.63) is 12.3 Å². The molecule has 3 aliphatic rings. The summed E-state index contributed by atoms with van der Waals surface area (Å²) in [6.45, 7) is 32.6. The van der Waals surface area contributed by atoms with Gasteiger partial charge in [0, 0.05) is 29.2 Å². The van der Waals surface area contributed by atoms with Crippen LogP contribution in [0.2, 0.25) is 0 Å². The lowest BCUT2D eigenvalue weighted by Crippen LogP contribution is -2.58. The predicted octanol–water partition coefficient (Wildman–Crippen LogP) is 6.54. The standard InChI is InChI=1S/C10H19N.C5H9NO2.C5H11N.2C4H10/c1-7-8(2)11(9(7)3)10(4,5)6;7-5(8)4-2-1-3-6-4;1-5-3-2-4-6-5;2*1-4(2)3/h7,9H,2H2,1,3-6H3;4,6H,1-3H2,(H,7,8);5-6H,2-4H2,1H3;2*4H,1-3H3. The van der Waals surface area contributed by atoms with Gasteiger partial charge in [0.15, 0.2) is 0 Å². The Balaban J connectivity index is 0. The van der Waals surface area contributed by atoms with Crippen LogP contribution >= 0.6 is 0 Å². The molecule has 0 aromatic carbocycles. The molecule has 198 valence electrons. The molecule has 3 aliphatic heterocycles. The fraction of sp³-hybridized carbons (Fsp3) is 0.893. The maximum Gasteiger partial charge on any atom is 0.320 e. The Hall–Kier alpha value is -1.07. The van der Waals surface area contributed by atoms with Crippen molar-refractivity contribution in [2.45, 2.75) is 132 Å². The van der Waals surface area contributed by atoms with Gasteiger partial charge in [0.05, 0.1) is 0 Å². The first-order valence-electron chi connectivity index (χ1n) is 13.2. The molecule has 0 aliphatic carbocycles. The number of carbonyl (C=O) groups is 1. The van der Waals surface area contributed by atoms with Crippen LogP contribution < -0.4 is 10.6 Å². The van der Waals surface area contributed by atoms with Crippen LogP contribution in [0.1, 0.15) is 109 Å². The molecule has 0 aromatic heterocycles. The second-order valence-electron chi connectivity index (χ2n) is 12.0. The van der Waals surface area contributed by atoms with Crippen molar-refractivity contribution >= 4 is 5.97 Å². The van der Waals surface area contributed by atoms with Crippen LogP contribution in [0.15, 0.2) is 12.3 Å². The lowest BCUT2D eigenvalue weighted by molar-refractivity contribution is -0.139. The van der Waals surface area contributed by atoms with Crippen molar-refractivity contribution in [2.24, 2.45) is 17.8 Å². The van der Waals surface area contributed by atoms with Crippen LogP contribution in [0.3, 0.4) is 0 Å². The van der Waals surface area contributed by atoms with Crippen LogP contribution in [0, 0.1) is 17.8 Å². The van der Waals surface area contributed by atoms with E-state index in [9.17, 15) is 4.79 Å². The number of nitrogens with zero attached hydrogens (tertiary/aromatic N) is 1. The third-order valence-corrected chi connectivity index (χ3v) is 5.35. The summed E-state index contributed by atoms with van der Waals surface area (Å²) in [5.41, 5.74) is 1.55. The van der Waals surface area contributed by atoms with Crippen molar-refractivity contribution in [1.82, 2.24) is 15.5 Å². The van der Waals surface area contributed by atoms with Gasteiger partial charge < -0.3 is 20.6 Å². The number of likely N-dealkylation sites (tertiary alicyclic amines) is 1. The monoisotopic (exact) mass is 469 g/mol. The first-order valence-corrected chi connectivity index (χ1v) is 13.2. The number of aliphatic carboxylic acids is 1. The van der Waals surface area contributed by atoms with Gasteiger partial charge in [-0.3, -0.25) is 4.79 Å². The van der Waals surface area contributed by atoms with E-state index >= 15 is 0 Å². The van der Waals surface area contributed by atoms with Gasteiger partial charge in [-0.25, -0.2) is 0 Å². The Morgan fingerprint density at radius 1 is 0.939 bits per heavy atom. The fourth-order valence-corrected chi connectivity index (χ4v) is 3.70. The molecule has 3 heterocycles. The summed E-state index contributed by atoms with van der Waals surface area (Å²) >= 11 is 0. The summed E-state index contributed by atoms with van der Waals surface area (Å²) in [4.78, 5) is 12.5. The Kier molecular flexibility index (Phi) is 18.0. The predicted molar refractivity (Wildman–Crippen MR) is 146 cm³/mol. The number of carboxylic acids is 1.